The SMILES string of the molecule is CN1C(c2ccc(Cl)c(S(=O)(=O)N(C)C)c2)=CS(=N)C1c1ccccc1.NS(=O)(=O)O. The van der Waals surface area contributed by atoms with Gasteiger partial charge in [0.05, 0.1) is 10.7 Å². The molecule has 2 unspecified atom stereocenters. The summed E-state index contributed by atoms with van der Waals surface area (Å²) in [5.74, 6) is 0. The molecule has 31 heavy (non-hydrogen) atoms. The Morgan fingerprint density at radius 1 is 1.13 bits per heavy atom. The second-order valence-electron chi connectivity index (χ2n) is 6.70. The van der Waals surface area contributed by atoms with Gasteiger partial charge in [0.2, 0.25) is 10.0 Å². The largest absolute Gasteiger partial charge is 0.357 e. The Bertz CT molecular complexity index is 1210. The monoisotopic (exact) mass is 506 g/mol. The molecule has 3 rings (SSSR count). The number of nitrogens with one attached hydrogen (secondary N) is 1. The van der Waals surface area contributed by atoms with Crippen LogP contribution in [0.5, 0.6) is 0 Å². The molecule has 0 bridgehead atoms. The van der Waals surface area contributed by atoms with Crippen molar-refractivity contribution in [3.05, 3.63) is 70.1 Å². The molecule has 0 amide bonds. The second-order valence-corrected chi connectivity index (χ2v) is 11.7. The highest BCUT2D eigenvalue weighted by Crippen LogP contribution is 2.39. The molecule has 0 aliphatic carbocycles. The van der Waals surface area contributed by atoms with E-state index in [1.165, 1.54) is 14.1 Å². The van der Waals surface area contributed by atoms with E-state index in [1.807, 2.05) is 47.7 Å². The Hall–Kier alpha value is -1.80. The Kier molecular flexibility index (Phi) is 8.03. The predicted octanol–water partition coefficient (Wildman–Crippen LogP) is 2.66. The van der Waals surface area contributed by atoms with Crippen LogP contribution in [0.1, 0.15) is 16.5 Å². The van der Waals surface area contributed by atoms with Crippen LogP contribution in [0.2, 0.25) is 5.02 Å². The lowest BCUT2D eigenvalue weighted by Gasteiger charge is -2.26. The molecule has 4 N–H and O–H groups in total. The molecule has 1 heterocycles. The Balaban J connectivity index is 0.000000614. The maximum absolute atomic E-state index is 12.5. The summed E-state index contributed by atoms with van der Waals surface area (Å²) in [6, 6.07) is 14.9. The van der Waals surface area contributed by atoms with Gasteiger partial charge in [-0.2, -0.15) is 8.42 Å². The molecular formula is C18H23ClN4O5S3. The molecule has 0 saturated carbocycles. The minimum absolute atomic E-state index is 0.0731. The second kappa shape index (κ2) is 9.77. The minimum Gasteiger partial charge on any atom is -0.357 e. The zero-order valence-corrected chi connectivity index (χ0v) is 20.1. The summed E-state index contributed by atoms with van der Waals surface area (Å²) in [6.07, 6.45) is 0. The molecule has 2 atom stereocenters. The van der Waals surface area contributed by atoms with Gasteiger partial charge in [-0.05, 0) is 23.3 Å². The lowest BCUT2D eigenvalue weighted by Crippen LogP contribution is -2.23. The normalized spacial score (nSPS) is 19.1. The van der Waals surface area contributed by atoms with E-state index in [0.29, 0.717) is 0 Å². The van der Waals surface area contributed by atoms with Gasteiger partial charge in [0.1, 0.15) is 10.3 Å². The maximum atomic E-state index is 12.5. The molecular weight excluding hydrogens is 484 g/mol. The van der Waals surface area contributed by atoms with Gasteiger partial charge >= 0.3 is 10.3 Å². The van der Waals surface area contributed by atoms with Gasteiger partial charge < -0.3 is 4.90 Å². The molecule has 9 nitrogen and oxygen atoms in total. The van der Waals surface area contributed by atoms with Crippen molar-refractivity contribution in [1.29, 1.82) is 4.78 Å². The first-order valence-corrected chi connectivity index (χ1v) is 13.3. The van der Waals surface area contributed by atoms with Crippen LogP contribution >= 0.6 is 11.6 Å². The quantitative estimate of drug-likeness (QED) is 0.543. The molecule has 13 heteroatoms. The van der Waals surface area contributed by atoms with Crippen LogP contribution in [0.4, 0.5) is 0 Å². The third kappa shape index (κ3) is 6.35. The van der Waals surface area contributed by atoms with Crippen LogP contribution in [-0.4, -0.2) is 51.7 Å². The summed E-state index contributed by atoms with van der Waals surface area (Å²) in [4.78, 5) is 2.10. The summed E-state index contributed by atoms with van der Waals surface area (Å²) < 4.78 is 59.9. The van der Waals surface area contributed by atoms with E-state index < -0.39 is 31.0 Å². The molecule has 1 aliphatic rings. The van der Waals surface area contributed by atoms with E-state index in [9.17, 15) is 8.42 Å². The molecule has 2 aromatic rings. The Morgan fingerprint density at radius 3 is 2.19 bits per heavy atom. The molecule has 1 aliphatic heterocycles. The summed E-state index contributed by atoms with van der Waals surface area (Å²) in [7, 11) is -3.67. The maximum Gasteiger partial charge on any atom is 0.330 e. The number of nitrogens with zero attached hydrogens (tertiary/aromatic N) is 2. The number of hydrogen-bond acceptors (Lipinski definition) is 6. The van der Waals surface area contributed by atoms with Gasteiger partial charge in [0.25, 0.3) is 0 Å². The lowest BCUT2D eigenvalue weighted by molar-refractivity contribution is 0.468. The molecule has 0 radical (unpaired) electrons. The number of benzene rings is 2. The third-order valence-electron chi connectivity index (χ3n) is 4.28. The fraction of sp³-hybridized carbons (Fsp3) is 0.222. The fourth-order valence-electron chi connectivity index (χ4n) is 2.88. The van der Waals surface area contributed by atoms with Crippen molar-refractivity contribution in [3.8, 4) is 0 Å². The van der Waals surface area contributed by atoms with Crippen LogP contribution in [-0.2, 0) is 31.0 Å². The number of nitrogens with two attached hydrogens (primary N) is 1. The van der Waals surface area contributed by atoms with E-state index in [4.69, 9.17) is 29.4 Å². The number of hydrogen-bond donors (Lipinski definition) is 3. The Morgan fingerprint density at radius 2 is 1.68 bits per heavy atom. The molecule has 2 aromatic carbocycles. The lowest BCUT2D eigenvalue weighted by atomic mass is 10.1. The van der Waals surface area contributed by atoms with Crippen LogP contribution in [0, 0.1) is 4.78 Å². The van der Waals surface area contributed by atoms with Crippen LogP contribution in [0.15, 0.2) is 58.8 Å². The Labute approximate surface area is 189 Å². The number of halogens is 1. The van der Waals surface area contributed by atoms with E-state index in [-0.39, 0.29) is 15.3 Å². The van der Waals surface area contributed by atoms with E-state index in [2.05, 4.69) is 5.14 Å². The van der Waals surface area contributed by atoms with Gasteiger partial charge in [-0.1, -0.05) is 58.7 Å². The van der Waals surface area contributed by atoms with E-state index in [0.717, 1.165) is 21.1 Å². The smallest absolute Gasteiger partial charge is 0.330 e. The first-order chi connectivity index (χ1) is 14.2. The minimum atomic E-state index is -4.17. The first kappa shape index (κ1) is 25.5. The average molecular weight is 507 g/mol. The van der Waals surface area contributed by atoms with E-state index in [1.54, 1.807) is 18.2 Å². The van der Waals surface area contributed by atoms with Crippen molar-refractivity contribution in [2.75, 3.05) is 21.1 Å². The highest BCUT2D eigenvalue weighted by Gasteiger charge is 2.30. The van der Waals surface area contributed by atoms with Crippen LogP contribution in [0.25, 0.3) is 5.70 Å². The zero-order chi connectivity index (χ0) is 23.6. The van der Waals surface area contributed by atoms with Crippen molar-refractivity contribution < 1.29 is 21.4 Å². The van der Waals surface area contributed by atoms with Gasteiger partial charge in [0, 0.05) is 26.6 Å². The highest BCUT2D eigenvalue weighted by molar-refractivity contribution is 7.89. The molecule has 0 spiro atoms. The number of sulfonamides is 1. The standard InChI is InChI=1S/C18H20ClN3O2S2.H3NO3S/c1-21(2)26(23,24)17-11-14(9-10-15(17)19)16-12-25(20)18(22(16)3)13-7-5-4-6-8-13;1-5(2,3)4/h4-12,18,20H,1-3H3;(H3,1,2,3,4). The highest BCUT2D eigenvalue weighted by atomic mass is 35.5. The topological polar surface area (TPSA) is 145 Å². The summed E-state index contributed by atoms with van der Waals surface area (Å²) in [5, 5.41) is 5.86. The molecule has 170 valence electrons. The fourth-order valence-corrected chi connectivity index (χ4v) is 5.85. The van der Waals surface area contributed by atoms with Gasteiger partial charge in [-0.25, -0.2) is 17.9 Å². The summed E-state index contributed by atoms with van der Waals surface area (Å²) >= 11 is 6.15. The van der Waals surface area contributed by atoms with Gasteiger partial charge in [0.15, 0.2) is 0 Å². The predicted molar refractivity (Wildman–Crippen MR) is 123 cm³/mol. The average Bonchev–Trinajstić information content (AvgIpc) is 2.95. The van der Waals surface area contributed by atoms with Crippen molar-refractivity contribution in [1.82, 2.24) is 9.21 Å². The van der Waals surface area contributed by atoms with Crippen molar-refractivity contribution in [2.24, 2.45) is 5.14 Å². The molecule has 0 aromatic heterocycles. The van der Waals surface area contributed by atoms with Crippen molar-refractivity contribution in [3.63, 3.8) is 0 Å². The van der Waals surface area contributed by atoms with Crippen molar-refractivity contribution >= 4 is 48.3 Å². The van der Waals surface area contributed by atoms with Gasteiger partial charge in [-0.15, -0.1) is 0 Å². The first-order valence-electron chi connectivity index (χ1n) is 8.64. The summed E-state index contributed by atoms with van der Waals surface area (Å²) in [5.41, 5.74) is 2.64. The van der Waals surface area contributed by atoms with Gasteiger partial charge in [-0.3, -0.25) is 9.33 Å². The molecule has 0 saturated heterocycles. The van der Waals surface area contributed by atoms with Crippen LogP contribution < -0.4 is 5.14 Å². The van der Waals surface area contributed by atoms with Crippen LogP contribution in [0.3, 0.4) is 0 Å². The van der Waals surface area contributed by atoms with E-state index >= 15 is 0 Å². The zero-order valence-electron chi connectivity index (χ0n) is 16.9. The number of rotatable bonds is 4. The summed E-state index contributed by atoms with van der Waals surface area (Å²) in [6.45, 7) is 0. The third-order valence-corrected chi connectivity index (χ3v) is 8.12. The molecule has 0 fully saturated rings. The van der Waals surface area contributed by atoms with Crippen molar-refractivity contribution in [2.45, 2.75) is 10.3 Å².